The molecule has 128 valence electrons. The van der Waals surface area contributed by atoms with E-state index in [1.54, 1.807) is 0 Å². The predicted octanol–water partition coefficient (Wildman–Crippen LogP) is 3.13. The molecule has 3 aromatic rings. The molecule has 0 aliphatic heterocycles. The zero-order valence-electron chi connectivity index (χ0n) is 13.9. The van der Waals surface area contributed by atoms with Crippen LogP contribution in [0.15, 0.2) is 59.0 Å². The van der Waals surface area contributed by atoms with Gasteiger partial charge in [-0.05, 0) is 31.2 Å². The third-order valence-electron chi connectivity index (χ3n) is 3.54. The summed E-state index contributed by atoms with van der Waals surface area (Å²) >= 11 is 0. The zero-order chi connectivity index (χ0) is 17.5. The van der Waals surface area contributed by atoms with Gasteiger partial charge in [0, 0.05) is 5.56 Å². The minimum Gasteiger partial charge on any atom is -0.493 e. The van der Waals surface area contributed by atoms with Gasteiger partial charge in [-0.3, -0.25) is 4.79 Å². The predicted molar refractivity (Wildman–Crippen MR) is 92.9 cm³/mol. The summed E-state index contributed by atoms with van der Waals surface area (Å²) in [5.41, 5.74) is 2.01. The van der Waals surface area contributed by atoms with Gasteiger partial charge in [0.1, 0.15) is 5.75 Å². The number of para-hydroxylation sites is 1. The number of nitrogens with one attached hydrogen (secondary N) is 1. The van der Waals surface area contributed by atoms with Crippen LogP contribution in [0.1, 0.15) is 17.9 Å². The molecule has 6 heteroatoms. The van der Waals surface area contributed by atoms with Crippen LogP contribution in [0.4, 0.5) is 0 Å². The molecule has 0 radical (unpaired) electrons. The maximum Gasteiger partial charge on any atom is 0.247 e. The summed E-state index contributed by atoms with van der Waals surface area (Å²) in [6, 6.07) is 17.2. The van der Waals surface area contributed by atoms with Crippen molar-refractivity contribution in [2.24, 2.45) is 0 Å². The average Bonchev–Trinajstić information content (AvgIpc) is 3.10. The van der Waals surface area contributed by atoms with E-state index in [-0.39, 0.29) is 18.9 Å². The molecule has 0 bridgehead atoms. The van der Waals surface area contributed by atoms with Gasteiger partial charge in [0.2, 0.25) is 17.7 Å². The van der Waals surface area contributed by atoms with Crippen molar-refractivity contribution in [2.45, 2.75) is 19.9 Å². The highest BCUT2D eigenvalue weighted by atomic mass is 16.5. The fourth-order valence-electron chi connectivity index (χ4n) is 2.18. The summed E-state index contributed by atoms with van der Waals surface area (Å²) in [6.07, 6.45) is 0.258. The molecular formula is C19H19N3O3. The second-order valence-corrected chi connectivity index (χ2v) is 5.56. The Labute approximate surface area is 145 Å². The van der Waals surface area contributed by atoms with Crippen molar-refractivity contribution < 1.29 is 13.9 Å². The Kier molecular flexibility index (Phi) is 5.41. The van der Waals surface area contributed by atoms with Crippen LogP contribution in [0, 0.1) is 6.92 Å². The van der Waals surface area contributed by atoms with E-state index >= 15 is 0 Å². The molecule has 0 saturated carbocycles. The number of hydrogen-bond acceptors (Lipinski definition) is 5. The van der Waals surface area contributed by atoms with Gasteiger partial charge in [0.15, 0.2) is 0 Å². The topological polar surface area (TPSA) is 77.2 Å². The standard InChI is InChI=1S/C19H19N3O3/c1-14-7-9-15(10-8-14)19-22-21-18(25-19)13-20-17(23)11-12-24-16-5-3-2-4-6-16/h2-10H,11-13H2,1H3,(H,20,23). The number of rotatable bonds is 7. The van der Waals surface area contributed by atoms with E-state index in [0.29, 0.717) is 18.4 Å². The first-order chi connectivity index (χ1) is 12.2. The van der Waals surface area contributed by atoms with Gasteiger partial charge in [-0.1, -0.05) is 35.9 Å². The van der Waals surface area contributed by atoms with Gasteiger partial charge in [-0.2, -0.15) is 0 Å². The highest BCUT2D eigenvalue weighted by Gasteiger charge is 2.09. The molecule has 0 saturated heterocycles. The monoisotopic (exact) mass is 337 g/mol. The van der Waals surface area contributed by atoms with Gasteiger partial charge in [-0.25, -0.2) is 0 Å². The number of hydrogen-bond donors (Lipinski definition) is 1. The number of amides is 1. The fourth-order valence-corrected chi connectivity index (χ4v) is 2.18. The quantitative estimate of drug-likeness (QED) is 0.717. The molecule has 25 heavy (non-hydrogen) atoms. The van der Waals surface area contributed by atoms with E-state index in [1.807, 2.05) is 61.5 Å². The number of carbonyl (C=O) groups is 1. The molecular weight excluding hydrogens is 318 g/mol. The number of ether oxygens (including phenoxy) is 1. The lowest BCUT2D eigenvalue weighted by Gasteiger charge is -2.05. The normalized spacial score (nSPS) is 10.4. The lowest BCUT2D eigenvalue weighted by molar-refractivity contribution is -0.121. The maximum absolute atomic E-state index is 11.8. The summed E-state index contributed by atoms with van der Waals surface area (Å²) in [5.74, 6) is 1.42. The van der Waals surface area contributed by atoms with Gasteiger partial charge >= 0.3 is 0 Å². The molecule has 1 amide bonds. The molecule has 1 aromatic heterocycles. The summed E-state index contributed by atoms with van der Waals surface area (Å²) in [5, 5.41) is 10.7. The molecule has 0 aliphatic carbocycles. The van der Waals surface area contributed by atoms with Crippen molar-refractivity contribution in [3.63, 3.8) is 0 Å². The number of aryl methyl sites for hydroxylation is 1. The van der Waals surface area contributed by atoms with Gasteiger partial charge in [0.05, 0.1) is 19.6 Å². The number of benzene rings is 2. The van der Waals surface area contributed by atoms with Crippen LogP contribution in [0.2, 0.25) is 0 Å². The Bertz CT molecular complexity index is 813. The summed E-state index contributed by atoms with van der Waals surface area (Å²) in [6.45, 7) is 2.53. The van der Waals surface area contributed by atoms with E-state index in [4.69, 9.17) is 9.15 Å². The molecule has 0 spiro atoms. The third kappa shape index (κ3) is 4.91. The first kappa shape index (κ1) is 16.7. The van der Waals surface area contributed by atoms with Crippen molar-refractivity contribution in [1.29, 1.82) is 0 Å². The van der Waals surface area contributed by atoms with Crippen molar-refractivity contribution >= 4 is 5.91 Å². The minimum atomic E-state index is -0.133. The van der Waals surface area contributed by atoms with Gasteiger partial charge in [-0.15, -0.1) is 10.2 Å². The molecule has 2 aromatic carbocycles. The van der Waals surface area contributed by atoms with E-state index in [9.17, 15) is 4.79 Å². The molecule has 0 atom stereocenters. The van der Waals surface area contributed by atoms with Crippen molar-refractivity contribution in [3.8, 4) is 17.2 Å². The zero-order valence-corrected chi connectivity index (χ0v) is 13.9. The molecule has 6 nitrogen and oxygen atoms in total. The molecule has 0 aliphatic rings. The Morgan fingerprint density at radius 1 is 1.08 bits per heavy atom. The van der Waals surface area contributed by atoms with Crippen LogP contribution in [0.3, 0.4) is 0 Å². The van der Waals surface area contributed by atoms with E-state index < -0.39 is 0 Å². The van der Waals surface area contributed by atoms with Crippen molar-refractivity contribution in [2.75, 3.05) is 6.61 Å². The second kappa shape index (κ2) is 8.10. The van der Waals surface area contributed by atoms with Crippen molar-refractivity contribution in [1.82, 2.24) is 15.5 Å². The van der Waals surface area contributed by atoms with Crippen molar-refractivity contribution in [3.05, 3.63) is 66.1 Å². The lowest BCUT2D eigenvalue weighted by atomic mass is 10.1. The highest BCUT2D eigenvalue weighted by molar-refractivity contribution is 5.75. The van der Waals surface area contributed by atoms with Crippen LogP contribution < -0.4 is 10.1 Å². The summed E-state index contributed by atoms with van der Waals surface area (Å²) in [7, 11) is 0. The summed E-state index contributed by atoms with van der Waals surface area (Å²) in [4.78, 5) is 11.8. The van der Waals surface area contributed by atoms with Crippen LogP contribution in [-0.4, -0.2) is 22.7 Å². The fraction of sp³-hybridized carbons (Fsp3) is 0.211. The van der Waals surface area contributed by atoms with Crippen LogP contribution in [0.5, 0.6) is 5.75 Å². The van der Waals surface area contributed by atoms with Crippen LogP contribution in [0.25, 0.3) is 11.5 Å². The maximum atomic E-state index is 11.8. The molecule has 3 rings (SSSR count). The van der Waals surface area contributed by atoms with E-state index in [2.05, 4.69) is 15.5 Å². The molecule has 1 N–H and O–H groups in total. The van der Waals surface area contributed by atoms with Crippen LogP contribution in [-0.2, 0) is 11.3 Å². The van der Waals surface area contributed by atoms with E-state index in [0.717, 1.165) is 16.9 Å². The number of carbonyl (C=O) groups excluding carboxylic acids is 1. The largest absolute Gasteiger partial charge is 0.493 e. The SMILES string of the molecule is Cc1ccc(-c2nnc(CNC(=O)CCOc3ccccc3)o2)cc1. The van der Waals surface area contributed by atoms with Crippen LogP contribution >= 0.6 is 0 Å². The molecule has 1 heterocycles. The first-order valence-corrected chi connectivity index (χ1v) is 8.05. The molecule has 0 fully saturated rings. The average molecular weight is 337 g/mol. The smallest absolute Gasteiger partial charge is 0.247 e. The van der Waals surface area contributed by atoms with Gasteiger partial charge < -0.3 is 14.5 Å². The summed E-state index contributed by atoms with van der Waals surface area (Å²) < 4.78 is 11.1. The Hall–Kier alpha value is -3.15. The Balaban J connectivity index is 1.44. The highest BCUT2D eigenvalue weighted by Crippen LogP contribution is 2.18. The lowest BCUT2D eigenvalue weighted by Crippen LogP contribution is -2.24. The second-order valence-electron chi connectivity index (χ2n) is 5.56. The molecule has 0 unspecified atom stereocenters. The first-order valence-electron chi connectivity index (χ1n) is 8.05. The number of aromatic nitrogens is 2. The minimum absolute atomic E-state index is 0.133. The number of nitrogens with zero attached hydrogens (tertiary/aromatic N) is 2. The third-order valence-corrected chi connectivity index (χ3v) is 3.54. The van der Waals surface area contributed by atoms with Gasteiger partial charge in [0.25, 0.3) is 0 Å². The Morgan fingerprint density at radius 3 is 2.60 bits per heavy atom. The van der Waals surface area contributed by atoms with E-state index in [1.165, 1.54) is 0 Å². The Morgan fingerprint density at radius 2 is 1.84 bits per heavy atom.